The largest absolute Gasteiger partial charge is 0.462 e. The number of carbonyl (C=O) groups excluding carboxylic acids is 3. The van der Waals surface area contributed by atoms with Crippen molar-refractivity contribution >= 4 is 17.9 Å². The van der Waals surface area contributed by atoms with Crippen molar-refractivity contribution in [3.05, 3.63) is 0 Å². The molecule has 0 amide bonds. The number of unbranched alkanes of at least 4 members (excludes halogenated alkanes) is 34. The molecule has 6 nitrogen and oxygen atoms in total. The van der Waals surface area contributed by atoms with Gasteiger partial charge in [-0.3, -0.25) is 14.4 Å². The molecule has 58 heavy (non-hydrogen) atoms. The molecule has 6 heteroatoms. The summed E-state index contributed by atoms with van der Waals surface area (Å²) in [6, 6.07) is 0. The molecule has 0 aliphatic carbocycles. The van der Waals surface area contributed by atoms with Crippen LogP contribution in [0.1, 0.15) is 291 Å². The summed E-state index contributed by atoms with van der Waals surface area (Å²) in [6.07, 6.45) is 48.1. The van der Waals surface area contributed by atoms with Crippen molar-refractivity contribution in [2.45, 2.75) is 297 Å². The first kappa shape index (κ1) is 56.4. The Morgan fingerprint density at radius 3 is 0.845 bits per heavy atom. The summed E-state index contributed by atoms with van der Waals surface area (Å²) >= 11 is 0. The Balaban J connectivity index is 4.17. The van der Waals surface area contributed by atoms with Crippen LogP contribution in [0.4, 0.5) is 0 Å². The average molecular weight is 821 g/mol. The van der Waals surface area contributed by atoms with E-state index < -0.39 is 6.10 Å². The molecular formula is C52H100O6. The minimum absolute atomic E-state index is 0.0631. The molecule has 0 fully saturated rings. The molecule has 0 heterocycles. The van der Waals surface area contributed by atoms with Crippen LogP contribution in [0.5, 0.6) is 0 Å². The maximum atomic E-state index is 12.8. The topological polar surface area (TPSA) is 78.9 Å². The van der Waals surface area contributed by atoms with Crippen LogP contribution in [0, 0.1) is 5.92 Å². The fraction of sp³-hybridized carbons (Fsp3) is 0.942. The molecule has 0 aromatic heterocycles. The second-order valence-electron chi connectivity index (χ2n) is 18.3. The van der Waals surface area contributed by atoms with Crippen LogP contribution in [0.2, 0.25) is 0 Å². The van der Waals surface area contributed by atoms with E-state index in [-0.39, 0.29) is 31.1 Å². The molecule has 0 radical (unpaired) electrons. The van der Waals surface area contributed by atoms with Crippen LogP contribution in [-0.2, 0) is 28.6 Å². The predicted octanol–water partition coefficient (Wildman–Crippen LogP) is 16.7. The summed E-state index contributed by atoms with van der Waals surface area (Å²) in [5.41, 5.74) is 0. The predicted molar refractivity (Wildman–Crippen MR) is 247 cm³/mol. The Hall–Kier alpha value is -1.59. The third-order valence-corrected chi connectivity index (χ3v) is 11.8. The first-order valence-electron chi connectivity index (χ1n) is 25.9. The van der Waals surface area contributed by atoms with E-state index in [4.69, 9.17) is 14.2 Å². The van der Waals surface area contributed by atoms with Gasteiger partial charge >= 0.3 is 17.9 Å². The molecule has 0 N–H and O–H groups in total. The minimum atomic E-state index is -0.759. The van der Waals surface area contributed by atoms with E-state index in [1.54, 1.807) is 0 Å². The van der Waals surface area contributed by atoms with Crippen LogP contribution in [0.3, 0.4) is 0 Å². The lowest BCUT2D eigenvalue weighted by Crippen LogP contribution is -2.30. The van der Waals surface area contributed by atoms with Crippen molar-refractivity contribution in [2.75, 3.05) is 13.2 Å². The molecule has 0 unspecified atom stereocenters. The summed E-state index contributed by atoms with van der Waals surface area (Å²) in [5, 5.41) is 0. The first-order valence-corrected chi connectivity index (χ1v) is 25.9. The Labute approximate surface area is 361 Å². The Morgan fingerprint density at radius 2 is 0.569 bits per heavy atom. The van der Waals surface area contributed by atoms with Gasteiger partial charge in [0.25, 0.3) is 0 Å². The van der Waals surface area contributed by atoms with Crippen molar-refractivity contribution in [1.29, 1.82) is 0 Å². The van der Waals surface area contributed by atoms with Crippen LogP contribution in [0.15, 0.2) is 0 Å². The number of hydrogen-bond donors (Lipinski definition) is 0. The highest BCUT2D eigenvalue weighted by atomic mass is 16.6. The summed E-state index contributed by atoms with van der Waals surface area (Å²) in [7, 11) is 0. The molecule has 0 rings (SSSR count). The molecule has 0 saturated carbocycles. The highest BCUT2D eigenvalue weighted by Gasteiger charge is 2.19. The van der Waals surface area contributed by atoms with Gasteiger partial charge in [-0.1, -0.05) is 252 Å². The first-order chi connectivity index (χ1) is 28.4. The number of ether oxygens (including phenoxy) is 3. The van der Waals surface area contributed by atoms with E-state index in [0.29, 0.717) is 19.3 Å². The second-order valence-corrected chi connectivity index (χ2v) is 18.3. The number of carbonyl (C=O) groups is 3. The minimum Gasteiger partial charge on any atom is -0.462 e. The number of rotatable bonds is 47. The molecule has 0 aromatic rings. The van der Waals surface area contributed by atoms with Gasteiger partial charge in [-0.25, -0.2) is 0 Å². The van der Waals surface area contributed by atoms with E-state index in [1.807, 2.05) is 0 Å². The molecule has 0 spiro atoms. The zero-order chi connectivity index (χ0) is 42.4. The van der Waals surface area contributed by atoms with E-state index in [9.17, 15) is 14.4 Å². The van der Waals surface area contributed by atoms with Gasteiger partial charge in [-0.05, 0) is 25.2 Å². The van der Waals surface area contributed by atoms with E-state index in [2.05, 4.69) is 27.7 Å². The Morgan fingerprint density at radius 1 is 0.328 bits per heavy atom. The second kappa shape index (κ2) is 46.5. The molecule has 0 aliphatic heterocycles. The van der Waals surface area contributed by atoms with Crippen LogP contribution < -0.4 is 0 Å². The van der Waals surface area contributed by atoms with Gasteiger partial charge in [-0.15, -0.1) is 0 Å². The lowest BCUT2D eigenvalue weighted by Gasteiger charge is -2.18. The van der Waals surface area contributed by atoms with Gasteiger partial charge in [0.1, 0.15) is 13.2 Å². The standard InChI is InChI=1S/C52H100O6/c1-5-7-9-11-13-15-28-32-36-40-44-51(54)57-47-49(46-56-50(53)43-39-35-31-26-14-12-10-8-6-2)58-52(55)45-41-37-33-29-25-23-21-19-17-16-18-20-22-24-27-30-34-38-42-48(3)4/h48-49H,5-47H2,1-4H3/t49-/m0/s1. The number of hydrogen-bond acceptors (Lipinski definition) is 6. The van der Waals surface area contributed by atoms with Gasteiger partial charge in [-0.2, -0.15) is 0 Å². The Bertz CT molecular complexity index is 872. The summed E-state index contributed by atoms with van der Waals surface area (Å²) in [4.78, 5) is 37.8. The van der Waals surface area contributed by atoms with Gasteiger partial charge in [0.2, 0.25) is 0 Å². The number of esters is 3. The molecule has 0 bridgehead atoms. The van der Waals surface area contributed by atoms with E-state index in [0.717, 1.165) is 63.7 Å². The van der Waals surface area contributed by atoms with Crippen molar-refractivity contribution in [3.63, 3.8) is 0 Å². The normalized spacial score (nSPS) is 11.9. The third-order valence-electron chi connectivity index (χ3n) is 11.8. The highest BCUT2D eigenvalue weighted by Crippen LogP contribution is 2.17. The summed E-state index contributed by atoms with van der Waals surface area (Å²) < 4.78 is 16.7. The van der Waals surface area contributed by atoms with Crippen molar-refractivity contribution in [3.8, 4) is 0 Å². The van der Waals surface area contributed by atoms with E-state index in [1.165, 1.54) is 186 Å². The highest BCUT2D eigenvalue weighted by molar-refractivity contribution is 5.71. The van der Waals surface area contributed by atoms with Gasteiger partial charge < -0.3 is 14.2 Å². The van der Waals surface area contributed by atoms with Crippen molar-refractivity contribution < 1.29 is 28.6 Å². The third kappa shape index (κ3) is 45.5. The molecule has 344 valence electrons. The fourth-order valence-corrected chi connectivity index (χ4v) is 7.86. The lowest BCUT2D eigenvalue weighted by molar-refractivity contribution is -0.167. The molecular weight excluding hydrogens is 721 g/mol. The molecule has 0 aliphatic rings. The molecule has 0 saturated heterocycles. The quantitative estimate of drug-likeness (QED) is 0.0346. The van der Waals surface area contributed by atoms with Gasteiger partial charge in [0.05, 0.1) is 0 Å². The maximum Gasteiger partial charge on any atom is 0.306 e. The van der Waals surface area contributed by atoms with Gasteiger partial charge in [0, 0.05) is 19.3 Å². The zero-order valence-corrected chi connectivity index (χ0v) is 39.5. The lowest BCUT2D eigenvalue weighted by atomic mass is 10.0. The fourth-order valence-electron chi connectivity index (χ4n) is 7.86. The molecule has 0 aromatic carbocycles. The summed E-state index contributed by atoms with van der Waals surface area (Å²) in [6.45, 7) is 9.01. The SMILES string of the molecule is CCCCCCCCCCCCC(=O)OC[C@H](COC(=O)CCCCCCCCCCC)OC(=O)CCCCCCCCCCCCCCCCCCCCC(C)C. The monoisotopic (exact) mass is 821 g/mol. The smallest absolute Gasteiger partial charge is 0.306 e. The van der Waals surface area contributed by atoms with Crippen molar-refractivity contribution in [1.82, 2.24) is 0 Å². The van der Waals surface area contributed by atoms with Crippen molar-refractivity contribution in [2.24, 2.45) is 5.92 Å². The van der Waals surface area contributed by atoms with Gasteiger partial charge in [0.15, 0.2) is 6.10 Å². The average Bonchev–Trinajstić information content (AvgIpc) is 3.21. The van der Waals surface area contributed by atoms with Crippen LogP contribution >= 0.6 is 0 Å². The summed E-state index contributed by atoms with van der Waals surface area (Å²) in [5.74, 6) is 0.00903. The van der Waals surface area contributed by atoms with Crippen LogP contribution in [-0.4, -0.2) is 37.2 Å². The maximum absolute atomic E-state index is 12.8. The zero-order valence-electron chi connectivity index (χ0n) is 39.5. The molecule has 1 atom stereocenters. The van der Waals surface area contributed by atoms with E-state index >= 15 is 0 Å². The Kier molecular flexibility index (Phi) is 45.2. The van der Waals surface area contributed by atoms with Crippen LogP contribution in [0.25, 0.3) is 0 Å².